The standard InChI is InChI=1S/C24H24N2O3/c1-3-29-22-13-11-21(12-14-22)26-24(28)19-7-9-20(10-8-19)25-23(27)16-18-6-4-5-17(2)15-18/h4-15H,3,16H2,1-2H3,(H,25,27)(H,26,28). The number of amides is 2. The molecule has 148 valence electrons. The van der Waals surface area contributed by atoms with Gasteiger partial charge in [-0.15, -0.1) is 0 Å². The van der Waals surface area contributed by atoms with Crippen molar-refractivity contribution >= 4 is 23.2 Å². The summed E-state index contributed by atoms with van der Waals surface area (Å²) in [6.45, 7) is 4.52. The van der Waals surface area contributed by atoms with Crippen LogP contribution in [0.2, 0.25) is 0 Å². The summed E-state index contributed by atoms with van der Waals surface area (Å²) >= 11 is 0. The zero-order valence-electron chi connectivity index (χ0n) is 16.6. The lowest BCUT2D eigenvalue weighted by Crippen LogP contribution is -2.15. The summed E-state index contributed by atoms with van der Waals surface area (Å²) in [6, 6.07) is 21.9. The average molecular weight is 388 g/mol. The molecule has 0 bridgehead atoms. The van der Waals surface area contributed by atoms with Gasteiger partial charge in [0.15, 0.2) is 0 Å². The predicted molar refractivity (Wildman–Crippen MR) is 116 cm³/mol. The Morgan fingerprint density at radius 3 is 2.17 bits per heavy atom. The van der Waals surface area contributed by atoms with E-state index in [0.29, 0.717) is 30.0 Å². The fraction of sp³-hybridized carbons (Fsp3) is 0.167. The van der Waals surface area contributed by atoms with Crippen LogP contribution in [0.4, 0.5) is 11.4 Å². The maximum atomic E-state index is 12.4. The summed E-state index contributed by atoms with van der Waals surface area (Å²) in [5.74, 6) is 0.449. The number of rotatable bonds is 7. The van der Waals surface area contributed by atoms with E-state index in [1.807, 2.05) is 50.2 Å². The summed E-state index contributed by atoms with van der Waals surface area (Å²) in [5, 5.41) is 5.70. The molecule has 0 aliphatic carbocycles. The topological polar surface area (TPSA) is 67.4 Å². The van der Waals surface area contributed by atoms with E-state index >= 15 is 0 Å². The van der Waals surface area contributed by atoms with E-state index in [9.17, 15) is 9.59 Å². The molecule has 0 atom stereocenters. The first-order valence-electron chi connectivity index (χ1n) is 9.53. The van der Waals surface area contributed by atoms with Gasteiger partial charge in [0.25, 0.3) is 5.91 Å². The van der Waals surface area contributed by atoms with Crippen LogP contribution in [0.1, 0.15) is 28.4 Å². The lowest BCUT2D eigenvalue weighted by molar-refractivity contribution is -0.115. The summed E-state index contributed by atoms with van der Waals surface area (Å²) in [5.41, 5.74) is 3.94. The van der Waals surface area contributed by atoms with E-state index < -0.39 is 0 Å². The van der Waals surface area contributed by atoms with E-state index in [-0.39, 0.29) is 11.8 Å². The normalized spacial score (nSPS) is 10.3. The van der Waals surface area contributed by atoms with Crippen molar-refractivity contribution in [1.29, 1.82) is 0 Å². The number of nitrogens with one attached hydrogen (secondary N) is 2. The molecule has 29 heavy (non-hydrogen) atoms. The van der Waals surface area contributed by atoms with Gasteiger partial charge in [0, 0.05) is 16.9 Å². The molecular weight excluding hydrogens is 364 g/mol. The second kappa shape index (κ2) is 9.55. The first kappa shape index (κ1) is 20.1. The number of hydrogen-bond acceptors (Lipinski definition) is 3. The second-order valence-corrected chi connectivity index (χ2v) is 6.70. The average Bonchev–Trinajstić information content (AvgIpc) is 2.70. The lowest BCUT2D eigenvalue weighted by atomic mass is 10.1. The van der Waals surface area contributed by atoms with Crippen molar-refractivity contribution in [3.63, 3.8) is 0 Å². The molecule has 5 nitrogen and oxygen atoms in total. The molecule has 0 aliphatic rings. The quantitative estimate of drug-likeness (QED) is 0.609. The highest BCUT2D eigenvalue weighted by molar-refractivity contribution is 6.04. The van der Waals surface area contributed by atoms with Gasteiger partial charge in [-0.05, 0) is 67.9 Å². The number of aryl methyl sites for hydroxylation is 1. The van der Waals surface area contributed by atoms with E-state index in [0.717, 1.165) is 16.9 Å². The van der Waals surface area contributed by atoms with E-state index in [2.05, 4.69) is 10.6 Å². The van der Waals surface area contributed by atoms with Crippen molar-refractivity contribution in [3.05, 3.63) is 89.5 Å². The van der Waals surface area contributed by atoms with Crippen molar-refractivity contribution in [2.45, 2.75) is 20.3 Å². The Hall–Kier alpha value is -3.60. The van der Waals surface area contributed by atoms with Gasteiger partial charge in [0.1, 0.15) is 5.75 Å². The molecule has 0 saturated heterocycles. The van der Waals surface area contributed by atoms with Crippen LogP contribution in [0.15, 0.2) is 72.8 Å². The van der Waals surface area contributed by atoms with Crippen LogP contribution in [0.25, 0.3) is 0 Å². The van der Waals surface area contributed by atoms with Crippen LogP contribution < -0.4 is 15.4 Å². The molecule has 3 aromatic carbocycles. The Bertz CT molecular complexity index is 980. The van der Waals surface area contributed by atoms with Gasteiger partial charge in [-0.2, -0.15) is 0 Å². The minimum absolute atomic E-state index is 0.0952. The molecule has 3 rings (SSSR count). The van der Waals surface area contributed by atoms with Gasteiger partial charge < -0.3 is 15.4 Å². The van der Waals surface area contributed by atoms with Gasteiger partial charge in [-0.25, -0.2) is 0 Å². The first-order chi connectivity index (χ1) is 14.0. The van der Waals surface area contributed by atoms with Crippen LogP contribution in [0, 0.1) is 6.92 Å². The smallest absolute Gasteiger partial charge is 0.255 e. The molecule has 0 aliphatic heterocycles. The third-order valence-electron chi connectivity index (χ3n) is 4.30. The minimum Gasteiger partial charge on any atom is -0.494 e. The number of anilines is 2. The maximum Gasteiger partial charge on any atom is 0.255 e. The van der Waals surface area contributed by atoms with Crippen LogP contribution >= 0.6 is 0 Å². The molecule has 0 fully saturated rings. The monoisotopic (exact) mass is 388 g/mol. The fourth-order valence-corrected chi connectivity index (χ4v) is 2.92. The highest BCUT2D eigenvalue weighted by atomic mass is 16.5. The molecule has 0 unspecified atom stereocenters. The molecule has 2 N–H and O–H groups in total. The molecule has 3 aromatic rings. The van der Waals surface area contributed by atoms with Gasteiger partial charge in [-0.1, -0.05) is 29.8 Å². The van der Waals surface area contributed by atoms with E-state index in [1.54, 1.807) is 36.4 Å². The highest BCUT2D eigenvalue weighted by Gasteiger charge is 2.08. The van der Waals surface area contributed by atoms with Gasteiger partial charge in [0.2, 0.25) is 5.91 Å². The zero-order chi connectivity index (χ0) is 20.6. The van der Waals surface area contributed by atoms with Crippen molar-refractivity contribution in [1.82, 2.24) is 0 Å². The van der Waals surface area contributed by atoms with Crippen LogP contribution in [-0.2, 0) is 11.2 Å². The SMILES string of the molecule is CCOc1ccc(NC(=O)c2ccc(NC(=O)Cc3cccc(C)c3)cc2)cc1. The number of carbonyl (C=O) groups is 2. The molecule has 0 saturated carbocycles. The highest BCUT2D eigenvalue weighted by Crippen LogP contribution is 2.17. The number of ether oxygens (including phenoxy) is 1. The molecule has 0 radical (unpaired) electrons. The molecule has 5 heteroatoms. The Labute approximate surface area is 170 Å². The van der Waals surface area contributed by atoms with Crippen molar-refractivity contribution in [3.8, 4) is 5.75 Å². The largest absolute Gasteiger partial charge is 0.494 e. The molecule has 0 heterocycles. The first-order valence-corrected chi connectivity index (χ1v) is 9.53. The summed E-state index contributed by atoms with van der Waals surface area (Å²) in [4.78, 5) is 24.6. The second-order valence-electron chi connectivity index (χ2n) is 6.70. The lowest BCUT2D eigenvalue weighted by Gasteiger charge is -2.09. The van der Waals surface area contributed by atoms with E-state index in [1.165, 1.54) is 0 Å². The predicted octanol–water partition coefficient (Wildman–Crippen LogP) is 4.83. The van der Waals surface area contributed by atoms with Gasteiger partial charge in [0.05, 0.1) is 13.0 Å². The number of hydrogen-bond donors (Lipinski definition) is 2. The fourth-order valence-electron chi connectivity index (χ4n) is 2.92. The zero-order valence-corrected chi connectivity index (χ0v) is 16.6. The molecule has 0 spiro atoms. The molecule has 0 aromatic heterocycles. The van der Waals surface area contributed by atoms with Crippen molar-refractivity contribution in [2.75, 3.05) is 17.2 Å². The third-order valence-corrected chi connectivity index (χ3v) is 4.30. The van der Waals surface area contributed by atoms with Crippen LogP contribution in [-0.4, -0.2) is 18.4 Å². The Morgan fingerprint density at radius 2 is 1.52 bits per heavy atom. The van der Waals surface area contributed by atoms with Crippen molar-refractivity contribution < 1.29 is 14.3 Å². The Balaban J connectivity index is 1.56. The summed E-state index contributed by atoms with van der Waals surface area (Å²) < 4.78 is 5.39. The summed E-state index contributed by atoms with van der Waals surface area (Å²) in [7, 11) is 0. The minimum atomic E-state index is -0.216. The number of benzene rings is 3. The van der Waals surface area contributed by atoms with Crippen LogP contribution in [0.3, 0.4) is 0 Å². The Morgan fingerprint density at radius 1 is 0.862 bits per heavy atom. The number of carbonyl (C=O) groups excluding carboxylic acids is 2. The van der Waals surface area contributed by atoms with Crippen molar-refractivity contribution in [2.24, 2.45) is 0 Å². The maximum absolute atomic E-state index is 12.4. The molecular formula is C24H24N2O3. The third kappa shape index (κ3) is 5.94. The molecule has 2 amide bonds. The van der Waals surface area contributed by atoms with Crippen LogP contribution in [0.5, 0.6) is 5.75 Å². The Kier molecular flexibility index (Phi) is 6.63. The summed E-state index contributed by atoms with van der Waals surface area (Å²) in [6.07, 6.45) is 0.307. The van der Waals surface area contributed by atoms with Gasteiger partial charge in [-0.3, -0.25) is 9.59 Å². The van der Waals surface area contributed by atoms with Gasteiger partial charge >= 0.3 is 0 Å². The van der Waals surface area contributed by atoms with E-state index in [4.69, 9.17) is 4.74 Å².